The van der Waals surface area contributed by atoms with E-state index in [4.69, 9.17) is 0 Å². The monoisotopic (exact) mass is 638 g/mol. The Balaban J connectivity index is 1.29. The van der Waals surface area contributed by atoms with Crippen LogP contribution in [0.25, 0.3) is 93.9 Å². The van der Waals surface area contributed by atoms with Gasteiger partial charge < -0.3 is 0 Å². The summed E-state index contributed by atoms with van der Waals surface area (Å²) in [6.45, 7) is 2.23. The maximum Gasteiger partial charge on any atom is 0.0433 e. The summed E-state index contributed by atoms with van der Waals surface area (Å²) in [6.07, 6.45) is 0. The topological polar surface area (TPSA) is 0 Å². The van der Waals surface area contributed by atoms with Crippen molar-refractivity contribution in [1.82, 2.24) is 0 Å². The molecule has 0 bridgehead atoms. The van der Waals surface area contributed by atoms with E-state index in [-0.39, 0.29) is 0 Å². The third-order valence-electron chi connectivity index (χ3n) is 9.41. The summed E-state index contributed by atoms with van der Waals surface area (Å²) >= 11 is 5.72. The first kappa shape index (κ1) is 26.4. The Morgan fingerprint density at radius 2 is 0.739 bits per heavy atom. The fourth-order valence-corrected chi connectivity index (χ4v) is 11.1. The van der Waals surface area contributed by atoms with Crippen LogP contribution in [0.4, 0.5) is 0 Å². The first-order valence-electron chi connectivity index (χ1n) is 15.6. The van der Waals surface area contributed by atoms with Crippen LogP contribution in [0.3, 0.4) is 0 Å². The summed E-state index contributed by atoms with van der Waals surface area (Å²) in [5, 5.41) is 8.06. The largest absolute Gasteiger partial charge is 0.135 e. The number of benzene rings is 7. The highest BCUT2D eigenvalue weighted by atomic mass is 32.1. The number of aryl methyl sites for hydroxylation is 1. The van der Waals surface area contributed by atoms with Gasteiger partial charge in [-0.3, -0.25) is 0 Å². The van der Waals surface area contributed by atoms with Gasteiger partial charge in [-0.2, -0.15) is 0 Å². The van der Waals surface area contributed by atoms with Crippen LogP contribution in [0.5, 0.6) is 0 Å². The molecule has 3 heterocycles. The van der Waals surface area contributed by atoms with Crippen molar-refractivity contribution < 1.29 is 0 Å². The highest BCUT2D eigenvalue weighted by Gasteiger charge is 2.18. The molecule has 10 aromatic rings. The standard InChI is InChI=1S/C43H26S3/c1-25-10-6-21-39-40(25)36-18-9-15-31(43(36)46-39)28-23-26(29-13-7-16-34-32-11-2-4-19-37(32)44-41(29)34)22-27(24-28)30-14-8-17-35-33-12-3-5-20-38(33)45-42(30)35/h2-24H,1H3. The molecular formula is C43H26S3. The first-order chi connectivity index (χ1) is 22.7. The van der Waals surface area contributed by atoms with Crippen molar-refractivity contribution in [1.29, 1.82) is 0 Å². The molecule has 0 saturated heterocycles. The summed E-state index contributed by atoms with van der Waals surface area (Å²) in [5.74, 6) is 0. The van der Waals surface area contributed by atoms with Crippen LogP contribution in [0.15, 0.2) is 140 Å². The Labute approximate surface area is 278 Å². The molecule has 46 heavy (non-hydrogen) atoms. The van der Waals surface area contributed by atoms with E-state index in [9.17, 15) is 0 Å². The van der Waals surface area contributed by atoms with Gasteiger partial charge in [-0.05, 0) is 82.3 Å². The molecule has 0 atom stereocenters. The van der Waals surface area contributed by atoms with Crippen molar-refractivity contribution in [3.63, 3.8) is 0 Å². The third kappa shape index (κ3) is 3.89. The van der Waals surface area contributed by atoms with E-state index >= 15 is 0 Å². The van der Waals surface area contributed by atoms with Crippen LogP contribution < -0.4 is 0 Å². The lowest BCUT2D eigenvalue weighted by atomic mass is 9.91. The number of hydrogen-bond acceptors (Lipinski definition) is 3. The molecule has 0 nitrogen and oxygen atoms in total. The Kier molecular flexibility index (Phi) is 5.80. The van der Waals surface area contributed by atoms with Gasteiger partial charge in [0.2, 0.25) is 0 Å². The molecular weight excluding hydrogens is 613 g/mol. The van der Waals surface area contributed by atoms with Crippen LogP contribution in [-0.2, 0) is 0 Å². The van der Waals surface area contributed by atoms with Crippen molar-refractivity contribution in [2.45, 2.75) is 6.92 Å². The van der Waals surface area contributed by atoms with E-state index < -0.39 is 0 Å². The van der Waals surface area contributed by atoms with Gasteiger partial charge in [0.25, 0.3) is 0 Å². The van der Waals surface area contributed by atoms with Gasteiger partial charge in [0, 0.05) is 60.5 Å². The van der Waals surface area contributed by atoms with Crippen molar-refractivity contribution in [2.75, 3.05) is 0 Å². The molecule has 0 fully saturated rings. The molecule has 0 spiro atoms. The number of rotatable bonds is 3. The Hall–Kier alpha value is -4.80. The van der Waals surface area contributed by atoms with E-state index in [1.807, 2.05) is 34.0 Å². The zero-order chi connectivity index (χ0) is 30.4. The second-order valence-electron chi connectivity index (χ2n) is 12.1. The summed E-state index contributed by atoms with van der Waals surface area (Å²) < 4.78 is 8.08. The van der Waals surface area contributed by atoms with E-state index in [1.54, 1.807) is 0 Å². The van der Waals surface area contributed by atoms with Gasteiger partial charge in [-0.1, -0.05) is 103 Å². The summed E-state index contributed by atoms with van der Waals surface area (Å²) in [7, 11) is 0. The minimum atomic E-state index is 1.26. The molecule has 216 valence electrons. The molecule has 0 aliphatic heterocycles. The van der Waals surface area contributed by atoms with E-state index in [0.717, 1.165) is 0 Å². The van der Waals surface area contributed by atoms with Gasteiger partial charge in [0.15, 0.2) is 0 Å². The minimum absolute atomic E-state index is 1.26. The molecule has 0 N–H and O–H groups in total. The van der Waals surface area contributed by atoms with Crippen molar-refractivity contribution >= 4 is 94.5 Å². The zero-order valence-corrected chi connectivity index (χ0v) is 27.5. The Morgan fingerprint density at radius 1 is 0.348 bits per heavy atom. The molecule has 3 heteroatoms. The lowest BCUT2D eigenvalue weighted by molar-refractivity contribution is 1.55. The van der Waals surface area contributed by atoms with Gasteiger partial charge in [-0.25, -0.2) is 0 Å². The number of fused-ring (bicyclic) bond motifs is 9. The van der Waals surface area contributed by atoms with Gasteiger partial charge >= 0.3 is 0 Å². The molecule has 0 amide bonds. The molecule has 10 rings (SSSR count). The normalized spacial score (nSPS) is 12.0. The van der Waals surface area contributed by atoms with Crippen LogP contribution >= 0.6 is 34.0 Å². The van der Waals surface area contributed by atoms with Crippen molar-refractivity contribution in [3.05, 3.63) is 145 Å². The van der Waals surface area contributed by atoms with E-state index in [1.165, 1.54) is 99.5 Å². The highest BCUT2D eigenvalue weighted by Crippen LogP contribution is 2.47. The van der Waals surface area contributed by atoms with Crippen LogP contribution in [-0.4, -0.2) is 0 Å². The van der Waals surface area contributed by atoms with Crippen LogP contribution in [0.2, 0.25) is 0 Å². The average Bonchev–Trinajstić information content (AvgIpc) is 3.79. The molecule has 0 radical (unpaired) electrons. The maximum atomic E-state index is 2.43. The predicted octanol–water partition coefficient (Wildman–Crippen LogP) is 14.1. The lowest BCUT2D eigenvalue weighted by Crippen LogP contribution is -1.87. The fourth-order valence-electron chi connectivity index (χ4n) is 7.30. The van der Waals surface area contributed by atoms with Crippen molar-refractivity contribution in [2.24, 2.45) is 0 Å². The molecule has 3 aromatic heterocycles. The molecule has 0 saturated carbocycles. The molecule has 0 unspecified atom stereocenters. The molecule has 0 aliphatic carbocycles. The molecule has 7 aromatic carbocycles. The predicted molar refractivity (Wildman–Crippen MR) is 206 cm³/mol. The van der Waals surface area contributed by atoms with Gasteiger partial charge in [0.1, 0.15) is 0 Å². The Morgan fingerprint density at radius 3 is 1.28 bits per heavy atom. The highest BCUT2D eigenvalue weighted by molar-refractivity contribution is 7.27. The fraction of sp³-hybridized carbons (Fsp3) is 0.0233. The average molecular weight is 639 g/mol. The van der Waals surface area contributed by atoms with Gasteiger partial charge in [0.05, 0.1) is 0 Å². The summed E-state index contributed by atoms with van der Waals surface area (Å²) in [5.41, 5.74) is 9.01. The van der Waals surface area contributed by atoms with Crippen LogP contribution in [0.1, 0.15) is 5.56 Å². The van der Waals surface area contributed by atoms with E-state index in [2.05, 4.69) is 146 Å². The smallest absolute Gasteiger partial charge is 0.0433 e. The van der Waals surface area contributed by atoms with Gasteiger partial charge in [-0.15, -0.1) is 34.0 Å². The first-order valence-corrected chi connectivity index (χ1v) is 18.0. The van der Waals surface area contributed by atoms with Crippen LogP contribution in [0, 0.1) is 6.92 Å². The maximum absolute atomic E-state index is 2.43. The van der Waals surface area contributed by atoms with Crippen molar-refractivity contribution in [3.8, 4) is 33.4 Å². The summed E-state index contributed by atoms with van der Waals surface area (Å²) in [6, 6.07) is 52.1. The molecule has 0 aliphatic rings. The summed E-state index contributed by atoms with van der Waals surface area (Å²) in [4.78, 5) is 0. The third-order valence-corrected chi connectivity index (χ3v) is 13.0. The SMILES string of the molecule is Cc1cccc2sc3c(-c4cc(-c5cccc6c5sc5ccccc56)cc(-c5cccc6c5sc5ccccc56)c4)cccc3c12. The second kappa shape index (κ2) is 10.1. The minimum Gasteiger partial charge on any atom is -0.135 e. The number of thiophene rings is 3. The Bertz CT molecular complexity index is 2690. The quantitative estimate of drug-likeness (QED) is 0.181. The second-order valence-corrected chi connectivity index (χ2v) is 15.2. The number of hydrogen-bond donors (Lipinski definition) is 0. The van der Waals surface area contributed by atoms with E-state index in [0.29, 0.717) is 0 Å². The zero-order valence-electron chi connectivity index (χ0n) is 25.0. The lowest BCUT2D eigenvalue weighted by Gasteiger charge is -2.13.